The Labute approximate surface area is 174 Å². The van der Waals surface area contributed by atoms with Crippen LogP contribution in [0.15, 0.2) is 30.3 Å². The first-order valence-corrected chi connectivity index (χ1v) is 11.0. The molecule has 0 aromatic heterocycles. The standard InChI is InChI=1S/C17H18ClIN2O4S/c1-11(22)20-17(15(24)25-8-12-5-3-2-4-6-12)16(9-18,10-19)26-14-7-13(23)21(14)17/h2-6,14H,7-10H2,1H3,(H,20,22)/t14-,16?,17?/m1/s1. The van der Waals surface area contributed by atoms with Gasteiger partial charge in [-0.25, -0.2) is 4.79 Å². The molecule has 0 spiro atoms. The minimum atomic E-state index is -1.60. The fourth-order valence-electron chi connectivity index (χ4n) is 3.33. The number of fused-ring (bicyclic) bond motifs is 1. The van der Waals surface area contributed by atoms with E-state index < -0.39 is 22.3 Å². The van der Waals surface area contributed by atoms with Crippen LogP contribution in [0.1, 0.15) is 18.9 Å². The van der Waals surface area contributed by atoms with Gasteiger partial charge < -0.3 is 10.1 Å². The molecule has 2 aliphatic rings. The monoisotopic (exact) mass is 508 g/mol. The highest BCUT2D eigenvalue weighted by Gasteiger charge is 2.73. The molecule has 0 aliphatic carbocycles. The fourth-order valence-corrected chi connectivity index (χ4v) is 7.15. The van der Waals surface area contributed by atoms with Crippen LogP contribution < -0.4 is 5.32 Å². The van der Waals surface area contributed by atoms with Crippen LogP contribution in [0.25, 0.3) is 0 Å². The van der Waals surface area contributed by atoms with Crippen molar-refractivity contribution in [1.29, 1.82) is 0 Å². The average Bonchev–Trinajstić information content (AvgIpc) is 2.85. The number of thioether (sulfide) groups is 1. The van der Waals surface area contributed by atoms with Crippen LogP contribution in [0.3, 0.4) is 0 Å². The minimum Gasteiger partial charge on any atom is -0.458 e. The van der Waals surface area contributed by atoms with Gasteiger partial charge in [-0.1, -0.05) is 52.9 Å². The van der Waals surface area contributed by atoms with Crippen molar-refractivity contribution >= 4 is 63.7 Å². The van der Waals surface area contributed by atoms with Gasteiger partial charge in [0.1, 0.15) is 6.61 Å². The summed E-state index contributed by atoms with van der Waals surface area (Å²) in [6, 6.07) is 9.25. The maximum absolute atomic E-state index is 13.2. The zero-order chi connectivity index (χ0) is 18.9. The number of benzene rings is 1. The molecule has 2 amide bonds. The van der Waals surface area contributed by atoms with Crippen molar-refractivity contribution in [3.8, 4) is 0 Å². The smallest absolute Gasteiger partial charge is 0.355 e. The molecule has 2 aliphatic heterocycles. The number of β-lactam (4-membered cyclic amide) rings is 1. The van der Waals surface area contributed by atoms with Gasteiger partial charge in [0.2, 0.25) is 17.5 Å². The summed E-state index contributed by atoms with van der Waals surface area (Å²) in [6.45, 7) is 1.37. The summed E-state index contributed by atoms with van der Waals surface area (Å²) < 4.78 is 5.17. The molecule has 1 aromatic carbocycles. The first-order chi connectivity index (χ1) is 12.4. The van der Waals surface area contributed by atoms with Crippen LogP contribution in [-0.4, -0.2) is 48.8 Å². The first-order valence-electron chi connectivity index (χ1n) is 8.02. The van der Waals surface area contributed by atoms with E-state index in [2.05, 4.69) is 27.9 Å². The Kier molecular flexibility index (Phi) is 5.74. The Bertz CT molecular complexity index is 731. The summed E-state index contributed by atoms with van der Waals surface area (Å²) in [6.07, 6.45) is 0.327. The molecule has 1 aromatic rings. The summed E-state index contributed by atoms with van der Waals surface area (Å²) in [5, 5.41) is 2.54. The summed E-state index contributed by atoms with van der Waals surface area (Å²) in [5.74, 6) is -1.16. The van der Waals surface area contributed by atoms with Gasteiger partial charge in [0.25, 0.3) is 0 Å². The number of halogens is 2. The number of esters is 1. The van der Waals surface area contributed by atoms with Crippen molar-refractivity contribution in [3.63, 3.8) is 0 Å². The molecule has 2 unspecified atom stereocenters. The van der Waals surface area contributed by atoms with Crippen LogP contribution >= 0.6 is 46.0 Å². The van der Waals surface area contributed by atoms with Crippen LogP contribution in [-0.2, 0) is 25.7 Å². The number of carbonyl (C=O) groups excluding carboxylic acids is 3. The molecular weight excluding hydrogens is 491 g/mol. The highest BCUT2D eigenvalue weighted by atomic mass is 127. The molecule has 1 N–H and O–H groups in total. The number of hydrogen-bond acceptors (Lipinski definition) is 5. The minimum absolute atomic E-state index is 0.0536. The molecule has 2 saturated heterocycles. The Morgan fingerprint density at radius 1 is 1.42 bits per heavy atom. The van der Waals surface area contributed by atoms with Gasteiger partial charge in [0.15, 0.2) is 0 Å². The van der Waals surface area contributed by atoms with Crippen LogP contribution in [0.5, 0.6) is 0 Å². The summed E-state index contributed by atoms with van der Waals surface area (Å²) in [5.41, 5.74) is -0.775. The Hall–Kier alpha value is -1.000. The Morgan fingerprint density at radius 2 is 2.12 bits per heavy atom. The number of rotatable bonds is 6. The normalized spacial score (nSPS) is 29.7. The van der Waals surface area contributed by atoms with E-state index in [1.165, 1.54) is 23.6 Å². The summed E-state index contributed by atoms with van der Waals surface area (Å²) in [4.78, 5) is 39.0. The molecule has 2 heterocycles. The van der Waals surface area contributed by atoms with Crippen molar-refractivity contribution in [2.24, 2.45) is 0 Å². The van der Waals surface area contributed by atoms with Crippen LogP contribution in [0.2, 0.25) is 0 Å². The summed E-state index contributed by atoms with van der Waals surface area (Å²) in [7, 11) is 0. The molecule has 26 heavy (non-hydrogen) atoms. The molecule has 0 bridgehead atoms. The number of hydrogen-bond donors (Lipinski definition) is 1. The van der Waals surface area contributed by atoms with Gasteiger partial charge in [-0.05, 0) is 5.56 Å². The second-order valence-electron chi connectivity index (χ2n) is 6.26. The van der Waals surface area contributed by atoms with Crippen molar-refractivity contribution in [2.45, 2.75) is 35.7 Å². The van der Waals surface area contributed by atoms with E-state index in [1.54, 1.807) is 0 Å². The summed E-state index contributed by atoms with van der Waals surface area (Å²) >= 11 is 9.88. The Balaban J connectivity index is 1.97. The molecule has 140 valence electrons. The number of alkyl halides is 2. The predicted molar refractivity (Wildman–Crippen MR) is 108 cm³/mol. The molecule has 3 rings (SSSR count). The SMILES string of the molecule is CC(=O)NC1(C(=O)OCc2ccccc2)N2C(=O)C[C@H]2SC1(CCl)CI. The van der Waals surface area contributed by atoms with Gasteiger partial charge >= 0.3 is 5.97 Å². The highest BCUT2D eigenvalue weighted by Crippen LogP contribution is 2.57. The van der Waals surface area contributed by atoms with Crippen LogP contribution in [0, 0.1) is 0 Å². The molecule has 9 heteroatoms. The molecule has 3 atom stereocenters. The van der Waals surface area contributed by atoms with E-state index in [0.717, 1.165) is 5.56 Å². The fraction of sp³-hybridized carbons (Fsp3) is 0.471. The van der Waals surface area contributed by atoms with Gasteiger partial charge in [0, 0.05) is 17.2 Å². The molecular formula is C17H18ClIN2O4S. The van der Waals surface area contributed by atoms with E-state index in [9.17, 15) is 14.4 Å². The molecule has 0 saturated carbocycles. The highest BCUT2D eigenvalue weighted by molar-refractivity contribution is 14.1. The zero-order valence-corrected chi connectivity index (χ0v) is 17.8. The van der Waals surface area contributed by atoms with E-state index >= 15 is 0 Å². The van der Waals surface area contributed by atoms with E-state index in [1.807, 2.05) is 30.3 Å². The molecule has 6 nitrogen and oxygen atoms in total. The number of nitrogens with one attached hydrogen (secondary N) is 1. The number of carbonyl (C=O) groups is 3. The van der Waals surface area contributed by atoms with Crippen molar-refractivity contribution in [2.75, 3.05) is 10.3 Å². The maximum atomic E-state index is 13.2. The average molecular weight is 509 g/mol. The van der Waals surface area contributed by atoms with Gasteiger partial charge in [-0.3, -0.25) is 14.5 Å². The van der Waals surface area contributed by atoms with Crippen molar-refractivity contribution in [1.82, 2.24) is 10.2 Å². The lowest BCUT2D eigenvalue weighted by Gasteiger charge is -2.48. The molecule has 0 radical (unpaired) electrons. The lowest BCUT2D eigenvalue weighted by molar-refractivity contribution is -0.178. The Morgan fingerprint density at radius 3 is 2.65 bits per heavy atom. The van der Waals surface area contributed by atoms with E-state index in [-0.39, 0.29) is 23.8 Å². The quantitative estimate of drug-likeness (QED) is 0.276. The van der Waals surface area contributed by atoms with Crippen molar-refractivity contribution in [3.05, 3.63) is 35.9 Å². The van der Waals surface area contributed by atoms with Crippen molar-refractivity contribution < 1.29 is 19.1 Å². The van der Waals surface area contributed by atoms with E-state index in [0.29, 0.717) is 10.8 Å². The third kappa shape index (κ3) is 2.99. The lowest BCUT2D eigenvalue weighted by atomic mass is 9.89. The van der Waals surface area contributed by atoms with Crippen LogP contribution in [0.4, 0.5) is 0 Å². The second-order valence-corrected chi connectivity index (χ2v) is 8.85. The third-order valence-electron chi connectivity index (χ3n) is 4.59. The predicted octanol–water partition coefficient (Wildman–Crippen LogP) is 2.28. The van der Waals surface area contributed by atoms with Gasteiger partial charge in [-0.2, -0.15) is 0 Å². The number of ether oxygens (including phenoxy) is 1. The largest absolute Gasteiger partial charge is 0.458 e. The maximum Gasteiger partial charge on any atom is 0.355 e. The van der Waals surface area contributed by atoms with E-state index in [4.69, 9.17) is 16.3 Å². The topological polar surface area (TPSA) is 75.7 Å². The number of amides is 2. The second kappa shape index (κ2) is 7.55. The number of nitrogens with zero attached hydrogens (tertiary/aromatic N) is 1. The first kappa shape index (κ1) is 19.8. The zero-order valence-electron chi connectivity index (χ0n) is 14.0. The van der Waals surface area contributed by atoms with Gasteiger partial charge in [-0.15, -0.1) is 23.4 Å². The lowest BCUT2D eigenvalue weighted by Crippen LogP contribution is -2.77. The van der Waals surface area contributed by atoms with Gasteiger partial charge in [0.05, 0.1) is 16.5 Å². The molecule has 2 fully saturated rings. The third-order valence-corrected chi connectivity index (χ3v) is 8.70.